The molecule has 1 aliphatic heterocycles. The number of benzene rings is 1. The summed E-state index contributed by atoms with van der Waals surface area (Å²) in [5, 5.41) is 0. The van der Waals surface area contributed by atoms with E-state index >= 15 is 0 Å². The zero-order chi connectivity index (χ0) is 18.7. The Bertz CT molecular complexity index is 758. The predicted octanol–water partition coefficient (Wildman–Crippen LogP) is 3.39. The maximum Gasteiger partial charge on any atom is 0.416 e. The Morgan fingerprint density at radius 1 is 1.24 bits per heavy atom. The quantitative estimate of drug-likeness (QED) is 0.808. The van der Waals surface area contributed by atoms with Crippen molar-refractivity contribution < 1.29 is 26.3 Å². The van der Waals surface area contributed by atoms with Crippen LogP contribution in [0.2, 0.25) is 0 Å². The lowest BCUT2D eigenvalue weighted by molar-refractivity contribution is -0.137. The first kappa shape index (κ1) is 18.7. The van der Waals surface area contributed by atoms with Gasteiger partial charge in [0.05, 0.1) is 17.1 Å². The van der Waals surface area contributed by atoms with Crippen molar-refractivity contribution in [2.24, 2.45) is 16.7 Å². The second-order valence-electron chi connectivity index (χ2n) is 7.83. The van der Waals surface area contributed by atoms with Crippen LogP contribution in [0.4, 0.5) is 13.2 Å². The van der Waals surface area contributed by atoms with Crippen LogP contribution in [0.5, 0.6) is 0 Å². The van der Waals surface area contributed by atoms with Gasteiger partial charge in [-0.15, -0.1) is 0 Å². The predicted molar refractivity (Wildman–Crippen MR) is 86.4 cm³/mol. The molecule has 8 heteroatoms. The fraction of sp³-hybridized carbons (Fsp3) is 0.647. The summed E-state index contributed by atoms with van der Waals surface area (Å²) in [6.45, 7) is 5.43. The molecule has 0 radical (unpaired) electrons. The summed E-state index contributed by atoms with van der Waals surface area (Å²) in [5.74, 6) is 0.184. The standard InChI is InChI=1S/C17H22F3NO3S/c1-15(2)9-16(11-24-3)10-21(8-14(15)16)25(22,23)13-6-4-12(5-7-13)17(18,19)20/h4-7,14H,8-11H2,1-3H3/t14-,16-/m1/s1. The zero-order valence-corrected chi connectivity index (χ0v) is 15.2. The third-order valence-electron chi connectivity index (χ3n) is 5.62. The summed E-state index contributed by atoms with van der Waals surface area (Å²) in [6.07, 6.45) is -3.61. The van der Waals surface area contributed by atoms with E-state index in [1.165, 1.54) is 4.31 Å². The summed E-state index contributed by atoms with van der Waals surface area (Å²) >= 11 is 0. The molecule has 0 unspecified atom stereocenters. The molecule has 1 saturated heterocycles. The van der Waals surface area contributed by atoms with Gasteiger partial charge in [0.2, 0.25) is 10.0 Å². The van der Waals surface area contributed by atoms with Crippen molar-refractivity contribution >= 4 is 10.0 Å². The number of nitrogens with zero attached hydrogens (tertiary/aromatic N) is 1. The fourth-order valence-electron chi connectivity index (χ4n) is 4.71. The highest BCUT2D eigenvalue weighted by atomic mass is 32.2. The topological polar surface area (TPSA) is 46.6 Å². The van der Waals surface area contributed by atoms with Gasteiger partial charge in [-0.3, -0.25) is 0 Å². The minimum Gasteiger partial charge on any atom is -0.384 e. The van der Waals surface area contributed by atoms with Crippen molar-refractivity contribution in [1.82, 2.24) is 4.31 Å². The molecule has 140 valence electrons. The summed E-state index contributed by atoms with van der Waals surface area (Å²) in [7, 11) is -2.22. The van der Waals surface area contributed by atoms with Gasteiger partial charge in [-0.1, -0.05) is 13.8 Å². The molecular weight excluding hydrogens is 355 g/mol. The number of methoxy groups -OCH3 is 1. The number of fused-ring (bicyclic) bond motifs is 1. The number of halogens is 3. The van der Waals surface area contributed by atoms with Gasteiger partial charge in [-0.2, -0.15) is 17.5 Å². The van der Waals surface area contributed by atoms with Crippen molar-refractivity contribution in [1.29, 1.82) is 0 Å². The Balaban J connectivity index is 1.86. The molecule has 1 saturated carbocycles. The average Bonchev–Trinajstić information content (AvgIpc) is 2.82. The van der Waals surface area contributed by atoms with Gasteiger partial charge >= 0.3 is 6.18 Å². The molecule has 3 rings (SSSR count). The fourth-order valence-corrected chi connectivity index (χ4v) is 6.26. The van der Waals surface area contributed by atoms with Crippen LogP contribution in [0, 0.1) is 16.7 Å². The van der Waals surface area contributed by atoms with Gasteiger partial charge in [0.25, 0.3) is 0 Å². The first-order valence-corrected chi connectivity index (χ1v) is 9.53. The third-order valence-corrected chi connectivity index (χ3v) is 7.44. The van der Waals surface area contributed by atoms with E-state index in [-0.39, 0.29) is 21.6 Å². The molecule has 1 aromatic rings. The zero-order valence-electron chi connectivity index (χ0n) is 14.4. The molecule has 0 spiro atoms. The molecule has 2 atom stereocenters. The van der Waals surface area contributed by atoms with E-state index in [9.17, 15) is 21.6 Å². The van der Waals surface area contributed by atoms with Gasteiger partial charge in [0.1, 0.15) is 0 Å². The van der Waals surface area contributed by atoms with Gasteiger partial charge in [0.15, 0.2) is 0 Å². The van der Waals surface area contributed by atoms with Crippen LogP contribution < -0.4 is 0 Å². The molecule has 1 heterocycles. The van der Waals surface area contributed by atoms with Crippen LogP contribution in [0.25, 0.3) is 0 Å². The second kappa shape index (κ2) is 5.69. The van der Waals surface area contributed by atoms with E-state index < -0.39 is 21.8 Å². The van der Waals surface area contributed by atoms with Gasteiger partial charge < -0.3 is 4.74 Å². The van der Waals surface area contributed by atoms with Crippen LogP contribution in [-0.2, 0) is 20.9 Å². The van der Waals surface area contributed by atoms with Crippen LogP contribution in [0.1, 0.15) is 25.8 Å². The number of alkyl halides is 3. The molecular formula is C17H22F3NO3S. The van der Waals surface area contributed by atoms with Crippen LogP contribution in [-0.4, -0.2) is 39.5 Å². The van der Waals surface area contributed by atoms with Crippen LogP contribution in [0.15, 0.2) is 29.2 Å². The van der Waals surface area contributed by atoms with Crippen molar-refractivity contribution in [3.8, 4) is 0 Å². The summed E-state index contributed by atoms with van der Waals surface area (Å²) < 4.78 is 70.5. The SMILES string of the molecule is COC[C@@]12CN(S(=O)(=O)c3ccc(C(F)(F)F)cc3)C[C@@H]1C(C)(C)C2. The first-order chi connectivity index (χ1) is 11.4. The van der Waals surface area contributed by atoms with Crippen molar-refractivity contribution in [2.45, 2.75) is 31.3 Å². The Hall–Kier alpha value is -1.12. The monoisotopic (exact) mass is 377 g/mol. The molecule has 2 aliphatic rings. The van der Waals surface area contributed by atoms with E-state index in [0.29, 0.717) is 19.7 Å². The van der Waals surface area contributed by atoms with E-state index in [2.05, 4.69) is 13.8 Å². The van der Waals surface area contributed by atoms with E-state index in [4.69, 9.17) is 4.74 Å². The highest BCUT2D eigenvalue weighted by Gasteiger charge is 2.64. The lowest BCUT2D eigenvalue weighted by atomic mass is 9.48. The minimum atomic E-state index is -4.48. The lowest BCUT2D eigenvalue weighted by Crippen LogP contribution is -2.55. The molecule has 1 aromatic carbocycles. The minimum absolute atomic E-state index is 0.0307. The molecule has 25 heavy (non-hydrogen) atoms. The maximum atomic E-state index is 12.9. The van der Waals surface area contributed by atoms with Crippen molar-refractivity contribution in [2.75, 3.05) is 26.8 Å². The van der Waals surface area contributed by atoms with Gasteiger partial charge in [0, 0.05) is 25.6 Å². The van der Waals surface area contributed by atoms with Gasteiger partial charge in [-0.05, 0) is 42.0 Å². The molecule has 0 amide bonds. The number of rotatable bonds is 4. The number of sulfonamides is 1. The van der Waals surface area contributed by atoms with Crippen LogP contribution in [0.3, 0.4) is 0 Å². The normalized spacial score (nSPS) is 29.3. The number of hydrogen-bond donors (Lipinski definition) is 0. The Morgan fingerprint density at radius 3 is 2.32 bits per heavy atom. The van der Waals surface area contributed by atoms with Crippen molar-refractivity contribution in [3.05, 3.63) is 29.8 Å². The lowest BCUT2D eigenvalue weighted by Gasteiger charge is -2.56. The molecule has 0 N–H and O–H groups in total. The molecule has 2 fully saturated rings. The summed E-state index contributed by atoms with van der Waals surface area (Å²) in [5.41, 5.74) is -1.02. The summed E-state index contributed by atoms with van der Waals surface area (Å²) in [6, 6.07) is 3.69. The molecule has 4 nitrogen and oxygen atoms in total. The Labute approximate surface area is 146 Å². The van der Waals surface area contributed by atoms with Crippen molar-refractivity contribution in [3.63, 3.8) is 0 Å². The second-order valence-corrected chi connectivity index (χ2v) is 9.77. The number of hydrogen-bond acceptors (Lipinski definition) is 3. The smallest absolute Gasteiger partial charge is 0.384 e. The average molecular weight is 377 g/mol. The van der Waals surface area contributed by atoms with E-state index in [1.807, 2.05) is 0 Å². The molecule has 0 bridgehead atoms. The Kier molecular flexibility index (Phi) is 4.25. The summed E-state index contributed by atoms with van der Waals surface area (Å²) in [4.78, 5) is -0.104. The van der Waals surface area contributed by atoms with E-state index in [0.717, 1.165) is 30.7 Å². The number of ether oxygens (including phenoxy) is 1. The maximum absolute atomic E-state index is 12.9. The first-order valence-electron chi connectivity index (χ1n) is 8.09. The largest absolute Gasteiger partial charge is 0.416 e. The highest BCUT2D eigenvalue weighted by Crippen LogP contribution is 2.63. The Morgan fingerprint density at radius 2 is 1.84 bits per heavy atom. The van der Waals surface area contributed by atoms with E-state index in [1.54, 1.807) is 7.11 Å². The molecule has 1 aliphatic carbocycles. The van der Waals surface area contributed by atoms with Gasteiger partial charge in [-0.25, -0.2) is 8.42 Å². The third kappa shape index (κ3) is 2.98. The van der Waals surface area contributed by atoms with Crippen LogP contribution >= 0.6 is 0 Å². The molecule has 0 aromatic heterocycles. The highest BCUT2D eigenvalue weighted by molar-refractivity contribution is 7.89.